The van der Waals surface area contributed by atoms with Crippen molar-refractivity contribution in [3.8, 4) is 5.75 Å². The number of rotatable bonds is 5. The van der Waals surface area contributed by atoms with Gasteiger partial charge in [0.05, 0.1) is 12.7 Å². The predicted molar refractivity (Wildman–Crippen MR) is 102 cm³/mol. The standard InChI is InChI=1S/C20H16BrN3O/c21-18-8-6-17-11-20(9-7-16(17)10-18)25-14-19-13-24(23-22-19)12-15-4-2-1-3-5-15/h1-11,13H,12,14H2. The summed E-state index contributed by atoms with van der Waals surface area (Å²) in [6.45, 7) is 1.11. The molecule has 0 aliphatic heterocycles. The van der Waals surface area contributed by atoms with Crippen LogP contribution in [0.2, 0.25) is 0 Å². The minimum absolute atomic E-state index is 0.400. The molecule has 4 nitrogen and oxygen atoms in total. The molecule has 1 heterocycles. The molecule has 0 fully saturated rings. The van der Waals surface area contributed by atoms with Crippen LogP contribution in [0.4, 0.5) is 0 Å². The van der Waals surface area contributed by atoms with E-state index in [1.807, 2.05) is 47.3 Å². The number of hydrogen-bond donors (Lipinski definition) is 0. The Balaban J connectivity index is 1.42. The van der Waals surface area contributed by atoms with E-state index in [0.29, 0.717) is 13.2 Å². The quantitative estimate of drug-likeness (QED) is 0.487. The lowest BCUT2D eigenvalue weighted by molar-refractivity contribution is 0.301. The largest absolute Gasteiger partial charge is 0.487 e. The van der Waals surface area contributed by atoms with Gasteiger partial charge in [-0.2, -0.15) is 0 Å². The second-order valence-corrected chi connectivity index (χ2v) is 6.75. The molecule has 0 unspecified atom stereocenters. The molecule has 0 N–H and O–H groups in total. The number of nitrogens with zero attached hydrogens (tertiary/aromatic N) is 3. The molecular weight excluding hydrogens is 378 g/mol. The van der Waals surface area contributed by atoms with Crippen LogP contribution in [0, 0.1) is 0 Å². The summed E-state index contributed by atoms with van der Waals surface area (Å²) in [5.41, 5.74) is 2.01. The average Bonchev–Trinajstić information content (AvgIpc) is 3.08. The van der Waals surface area contributed by atoms with Gasteiger partial charge in [0.2, 0.25) is 0 Å². The van der Waals surface area contributed by atoms with Gasteiger partial charge in [-0.1, -0.05) is 63.6 Å². The van der Waals surface area contributed by atoms with E-state index in [1.165, 1.54) is 10.9 Å². The summed E-state index contributed by atoms with van der Waals surface area (Å²) in [5.74, 6) is 0.826. The van der Waals surface area contributed by atoms with Crippen molar-refractivity contribution in [1.82, 2.24) is 15.0 Å². The molecular formula is C20H16BrN3O. The van der Waals surface area contributed by atoms with Gasteiger partial charge >= 0.3 is 0 Å². The second kappa shape index (κ2) is 7.07. The molecule has 0 radical (unpaired) electrons. The van der Waals surface area contributed by atoms with E-state index >= 15 is 0 Å². The molecule has 4 aromatic rings. The smallest absolute Gasteiger partial charge is 0.134 e. The molecule has 0 saturated heterocycles. The fourth-order valence-electron chi connectivity index (χ4n) is 2.69. The first-order valence-electron chi connectivity index (χ1n) is 8.01. The summed E-state index contributed by atoms with van der Waals surface area (Å²) in [6.07, 6.45) is 1.92. The second-order valence-electron chi connectivity index (χ2n) is 5.84. The van der Waals surface area contributed by atoms with E-state index < -0.39 is 0 Å². The van der Waals surface area contributed by atoms with Gasteiger partial charge in [0.25, 0.3) is 0 Å². The molecule has 0 amide bonds. The third-order valence-corrected chi connectivity index (χ3v) is 4.43. The van der Waals surface area contributed by atoms with Crippen LogP contribution in [0.3, 0.4) is 0 Å². The molecule has 25 heavy (non-hydrogen) atoms. The maximum absolute atomic E-state index is 5.87. The Morgan fingerprint density at radius 2 is 1.72 bits per heavy atom. The van der Waals surface area contributed by atoms with Crippen molar-refractivity contribution in [3.63, 3.8) is 0 Å². The molecule has 5 heteroatoms. The zero-order valence-electron chi connectivity index (χ0n) is 13.5. The van der Waals surface area contributed by atoms with Crippen molar-refractivity contribution in [1.29, 1.82) is 0 Å². The minimum Gasteiger partial charge on any atom is -0.487 e. The topological polar surface area (TPSA) is 39.9 Å². The number of aromatic nitrogens is 3. The normalized spacial score (nSPS) is 10.9. The molecule has 0 atom stereocenters. The first-order chi connectivity index (χ1) is 12.3. The van der Waals surface area contributed by atoms with Gasteiger partial charge in [-0.25, -0.2) is 4.68 Å². The average molecular weight is 394 g/mol. The van der Waals surface area contributed by atoms with Crippen LogP contribution in [-0.2, 0) is 13.2 Å². The zero-order chi connectivity index (χ0) is 17.1. The minimum atomic E-state index is 0.400. The summed E-state index contributed by atoms with van der Waals surface area (Å²) in [7, 11) is 0. The molecule has 4 rings (SSSR count). The number of hydrogen-bond acceptors (Lipinski definition) is 3. The third kappa shape index (κ3) is 3.88. The van der Waals surface area contributed by atoms with E-state index in [4.69, 9.17) is 4.74 Å². The van der Waals surface area contributed by atoms with Gasteiger partial charge in [0.15, 0.2) is 0 Å². The summed E-state index contributed by atoms with van der Waals surface area (Å²) in [6, 6.07) is 22.5. The van der Waals surface area contributed by atoms with E-state index in [0.717, 1.165) is 21.3 Å². The molecule has 0 aliphatic carbocycles. The van der Waals surface area contributed by atoms with Crippen LogP contribution < -0.4 is 4.74 Å². The summed E-state index contributed by atoms with van der Waals surface area (Å²) >= 11 is 3.49. The van der Waals surface area contributed by atoms with Gasteiger partial charge in [-0.05, 0) is 40.6 Å². The fraction of sp³-hybridized carbons (Fsp3) is 0.100. The lowest BCUT2D eigenvalue weighted by atomic mass is 10.1. The van der Waals surface area contributed by atoms with Crippen LogP contribution in [0.5, 0.6) is 5.75 Å². The predicted octanol–water partition coefficient (Wildman–Crippen LogP) is 4.82. The van der Waals surface area contributed by atoms with Gasteiger partial charge in [-0.3, -0.25) is 0 Å². The number of fused-ring (bicyclic) bond motifs is 1. The maximum Gasteiger partial charge on any atom is 0.134 e. The molecule has 0 saturated carbocycles. The van der Waals surface area contributed by atoms with Crippen molar-refractivity contribution in [2.75, 3.05) is 0 Å². The Bertz CT molecular complexity index is 998. The van der Waals surface area contributed by atoms with Crippen LogP contribution in [0.1, 0.15) is 11.3 Å². The number of ether oxygens (including phenoxy) is 1. The zero-order valence-corrected chi connectivity index (χ0v) is 15.1. The van der Waals surface area contributed by atoms with E-state index in [9.17, 15) is 0 Å². The Morgan fingerprint density at radius 1 is 0.920 bits per heavy atom. The van der Waals surface area contributed by atoms with E-state index in [1.54, 1.807) is 0 Å². The highest BCUT2D eigenvalue weighted by Crippen LogP contribution is 2.24. The Labute approximate surface area is 154 Å². The van der Waals surface area contributed by atoms with Gasteiger partial charge < -0.3 is 4.74 Å². The first-order valence-corrected chi connectivity index (χ1v) is 8.81. The van der Waals surface area contributed by atoms with E-state index in [-0.39, 0.29) is 0 Å². The summed E-state index contributed by atoms with van der Waals surface area (Å²) in [5, 5.41) is 10.7. The van der Waals surface area contributed by atoms with Crippen LogP contribution in [0.25, 0.3) is 10.8 Å². The Hall–Kier alpha value is -2.66. The Kier molecular flexibility index (Phi) is 4.48. The fourth-order valence-corrected chi connectivity index (χ4v) is 3.07. The van der Waals surface area contributed by atoms with Gasteiger partial charge in [0, 0.05) is 4.47 Å². The first kappa shape index (κ1) is 15.8. The maximum atomic E-state index is 5.87. The van der Waals surface area contributed by atoms with Crippen molar-refractivity contribution in [2.24, 2.45) is 0 Å². The monoisotopic (exact) mass is 393 g/mol. The molecule has 0 spiro atoms. The summed E-state index contributed by atoms with van der Waals surface area (Å²) < 4.78 is 8.76. The highest BCUT2D eigenvalue weighted by atomic mass is 79.9. The number of halogens is 1. The molecule has 1 aromatic heterocycles. The van der Waals surface area contributed by atoms with Crippen LogP contribution in [0.15, 0.2) is 77.4 Å². The van der Waals surface area contributed by atoms with E-state index in [2.05, 4.69) is 56.6 Å². The van der Waals surface area contributed by atoms with Crippen LogP contribution >= 0.6 is 15.9 Å². The lowest BCUT2D eigenvalue weighted by Gasteiger charge is -2.06. The van der Waals surface area contributed by atoms with Gasteiger partial charge in [0.1, 0.15) is 18.1 Å². The SMILES string of the molecule is Brc1ccc2cc(OCc3cn(Cc4ccccc4)nn3)ccc2c1. The lowest BCUT2D eigenvalue weighted by Crippen LogP contribution is -2.00. The number of benzene rings is 3. The highest BCUT2D eigenvalue weighted by molar-refractivity contribution is 9.10. The van der Waals surface area contributed by atoms with Crippen molar-refractivity contribution >= 4 is 26.7 Å². The third-order valence-electron chi connectivity index (χ3n) is 3.93. The van der Waals surface area contributed by atoms with Crippen molar-refractivity contribution in [2.45, 2.75) is 13.2 Å². The van der Waals surface area contributed by atoms with Gasteiger partial charge in [-0.15, -0.1) is 5.10 Å². The van der Waals surface area contributed by atoms with Crippen molar-refractivity contribution in [3.05, 3.63) is 88.7 Å². The van der Waals surface area contributed by atoms with Crippen molar-refractivity contribution < 1.29 is 4.74 Å². The van der Waals surface area contributed by atoms with Crippen LogP contribution in [-0.4, -0.2) is 15.0 Å². The Morgan fingerprint density at radius 3 is 2.60 bits per heavy atom. The highest BCUT2D eigenvalue weighted by Gasteiger charge is 2.04. The molecule has 0 bridgehead atoms. The molecule has 124 valence electrons. The molecule has 3 aromatic carbocycles. The summed E-state index contributed by atoms with van der Waals surface area (Å²) in [4.78, 5) is 0. The molecule has 0 aliphatic rings.